The maximum absolute atomic E-state index is 12.5. The van der Waals surface area contributed by atoms with Crippen LogP contribution in [0.1, 0.15) is 26.2 Å². The fourth-order valence-electron chi connectivity index (χ4n) is 2.36. The summed E-state index contributed by atoms with van der Waals surface area (Å²) in [5, 5.41) is 4.14. The Morgan fingerprint density at radius 1 is 1.36 bits per heavy atom. The molecule has 0 aliphatic heterocycles. The van der Waals surface area contributed by atoms with Crippen molar-refractivity contribution in [3.8, 4) is 11.4 Å². The van der Waals surface area contributed by atoms with E-state index in [4.69, 9.17) is 10.5 Å². The molecule has 0 radical (unpaired) electrons. The van der Waals surface area contributed by atoms with Gasteiger partial charge in [0.2, 0.25) is 10.0 Å². The van der Waals surface area contributed by atoms with Gasteiger partial charge in [-0.1, -0.05) is 31.9 Å². The Morgan fingerprint density at radius 3 is 2.72 bits per heavy atom. The Hall–Kier alpha value is -1.61. The Bertz CT molecular complexity index is 764. The summed E-state index contributed by atoms with van der Waals surface area (Å²) in [6.45, 7) is 2.32. The van der Waals surface area contributed by atoms with Gasteiger partial charge >= 0.3 is 0 Å². The third-order valence-electron chi connectivity index (χ3n) is 3.71. The van der Waals surface area contributed by atoms with Crippen LogP contribution in [0.25, 0.3) is 5.69 Å². The molecule has 2 aromatic rings. The van der Waals surface area contributed by atoms with Crippen molar-refractivity contribution in [2.45, 2.75) is 37.1 Å². The average molecular weight is 389 g/mol. The van der Waals surface area contributed by atoms with Crippen LogP contribution in [-0.4, -0.2) is 37.9 Å². The number of rotatable bonds is 9. The van der Waals surface area contributed by atoms with Crippen molar-refractivity contribution < 1.29 is 13.2 Å². The van der Waals surface area contributed by atoms with E-state index in [1.807, 2.05) is 12.1 Å². The summed E-state index contributed by atoms with van der Waals surface area (Å²) in [6.07, 6.45) is 5.41. The summed E-state index contributed by atoms with van der Waals surface area (Å²) in [5.74, 6) is 0.611. The molecule has 0 fully saturated rings. The number of hydrogen-bond donors (Lipinski definition) is 2. The predicted octanol–water partition coefficient (Wildman–Crippen LogP) is 2.10. The largest absolute Gasteiger partial charge is 0.494 e. The molecule has 1 heterocycles. The van der Waals surface area contributed by atoms with Gasteiger partial charge in [0.1, 0.15) is 16.3 Å². The molecule has 3 N–H and O–H groups in total. The fraction of sp³-hybridized carbons (Fsp3) is 0.438. The first kappa shape index (κ1) is 21.4. The van der Waals surface area contributed by atoms with Crippen LogP contribution in [-0.2, 0) is 10.0 Å². The zero-order valence-corrected chi connectivity index (χ0v) is 16.0. The summed E-state index contributed by atoms with van der Waals surface area (Å²) < 4.78 is 34.4. The van der Waals surface area contributed by atoms with Crippen LogP contribution in [0.4, 0.5) is 0 Å². The van der Waals surface area contributed by atoms with E-state index in [9.17, 15) is 8.42 Å². The molecule has 0 amide bonds. The number of benzene rings is 1. The SMILES string of the molecule is CCCCC(CN)NS(=O)(=O)c1cnn(-c2ccccc2OC)c1.Cl. The Morgan fingerprint density at radius 2 is 2.08 bits per heavy atom. The van der Waals surface area contributed by atoms with Crippen molar-refractivity contribution in [3.63, 3.8) is 0 Å². The molecule has 25 heavy (non-hydrogen) atoms. The van der Waals surface area contributed by atoms with Gasteiger partial charge in [0, 0.05) is 12.6 Å². The first-order chi connectivity index (χ1) is 11.5. The summed E-state index contributed by atoms with van der Waals surface area (Å²) in [4.78, 5) is 0.100. The third kappa shape index (κ3) is 5.43. The number of nitrogens with one attached hydrogen (secondary N) is 1. The lowest BCUT2D eigenvalue weighted by molar-refractivity contribution is 0.411. The van der Waals surface area contributed by atoms with E-state index in [0.717, 1.165) is 12.8 Å². The lowest BCUT2D eigenvalue weighted by Gasteiger charge is -2.15. The van der Waals surface area contributed by atoms with Crippen molar-refractivity contribution in [1.82, 2.24) is 14.5 Å². The van der Waals surface area contributed by atoms with E-state index in [1.54, 1.807) is 19.2 Å². The number of sulfonamides is 1. The normalized spacial score (nSPS) is 12.4. The van der Waals surface area contributed by atoms with Gasteiger partial charge in [-0.2, -0.15) is 5.10 Å². The van der Waals surface area contributed by atoms with Gasteiger partial charge in [-0.05, 0) is 18.6 Å². The van der Waals surface area contributed by atoms with Gasteiger partial charge in [-0.3, -0.25) is 0 Å². The van der Waals surface area contributed by atoms with Crippen molar-refractivity contribution in [1.29, 1.82) is 0 Å². The van der Waals surface area contributed by atoms with Crippen molar-refractivity contribution in [3.05, 3.63) is 36.7 Å². The maximum Gasteiger partial charge on any atom is 0.244 e. The minimum Gasteiger partial charge on any atom is -0.494 e. The third-order valence-corrected chi connectivity index (χ3v) is 5.19. The second-order valence-electron chi connectivity index (χ2n) is 5.49. The van der Waals surface area contributed by atoms with Crippen molar-refractivity contribution in [2.24, 2.45) is 5.73 Å². The number of methoxy groups -OCH3 is 1. The molecule has 0 aliphatic carbocycles. The number of hydrogen-bond acceptors (Lipinski definition) is 5. The summed E-state index contributed by atoms with van der Waals surface area (Å²) in [6, 6.07) is 6.99. The van der Waals surface area contributed by atoms with Crippen LogP contribution in [0.2, 0.25) is 0 Å². The first-order valence-corrected chi connectivity index (χ1v) is 9.40. The number of aromatic nitrogens is 2. The highest BCUT2D eigenvalue weighted by atomic mass is 35.5. The van der Waals surface area contributed by atoms with Gasteiger partial charge < -0.3 is 10.5 Å². The molecule has 0 bridgehead atoms. The van der Waals surface area contributed by atoms with Crippen molar-refractivity contribution in [2.75, 3.05) is 13.7 Å². The van der Waals surface area contributed by atoms with Gasteiger partial charge in [0.15, 0.2) is 0 Å². The molecule has 2 rings (SSSR count). The first-order valence-electron chi connectivity index (χ1n) is 7.92. The molecule has 1 aromatic heterocycles. The van der Waals surface area contributed by atoms with E-state index >= 15 is 0 Å². The number of para-hydroxylation sites is 2. The average Bonchev–Trinajstić information content (AvgIpc) is 3.09. The highest BCUT2D eigenvalue weighted by molar-refractivity contribution is 7.89. The van der Waals surface area contributed by atoms with Crippen molar-refractivity contribution >= 4 is 22.4 Å². The molecule has 0 saturated carbocycles. The van der Waals surface area contributed by atoms with Crippen LogP contribution >= 0.6 is 12.4 Å². The lowest BCUT2D eigenvalue weighted by atomic mass is 10.1. The van der Waals surface area contributed by atoms with Gasteiger partial charge in [0.25, 0.3) is 0 Å². The molecule has 9 heteroatoms. The highest BCUT2D eigenvalue weighted by Crippen LogP contribution is 2.22. The molecule has 1 aromatic carbocycles. The second kappa shape index (κ2) is 9.76. The number of nitrogens with zero attached hydrogens (tertiary/aromatic N) is 2. The topological polar surface area (TPSA) is 99.2 Å². The summed E-state index contributed by atoms with van der Waals surface area (Å²) in [7, 11) is -2.11. The number of nitrogens with two attached hydrogens (primary N) is 1. The number of unbranched alkanes of at least 4 members (excludes halogenated alkanes) is 1. The quantitative estimate of drug-likeness (QED) is 0.685. The molecular formula is C16H25ClN4O3S. The molecule has 1 atom stereocenters. The van der Waals surface area contributed by atoms with Gasteiger partial charge in [-0.25, -0.2) is 17.8 Å². The Balaban J connectivity index is 0.00000312. The lowest BCUT2D eigenvalue weighted by Crippen LogP contribution is -2.39. The second-order valence-corrected chi connectivity index (χ2v) is 7.20. The fourth-order valence-corrected chi connectivity index (χ4v) is 3.57. The monoisotopic (exact) mass is 388 g/mol. The smallest absolute Gasteiger partial charge is 0.244 e. The van der Waals surface area contributed by atoms with Crippen LogP contribution in [0.3, 0.4) is 0 Å². The Labute approximate surface area is 155 Å². The molecular weight excluding hydrogens is 364 g/mol. The molecule has 0 saturated heterocycles. The maximum atomic E-state index is 12.5. The molecule has 1 unspecified atom stereocenters. The van der Waals surface area contributed by atoms with Crippen LogP contribution in [0, 0.1) is 0 Å². The minimum absolute atomic E-state index is 0. The highest BCUT2D eigenvalue weighted by Gasteiger charge is 2.21. The van der Waals surface area contributed by atoms with E-state index in [0.29, 0.717) is 17.9 Å². The van der Waals surface area contributed by atoms with Crippen LogP contribution < -0.4 is 15.2 Å². The zero-order valence-electron chi connectivity index (χ0n) is 14.4. The molecule has 140 valence electrons. The van der Waals surface area contributed by atoms with Gasteiger partial charge in [0.05, 0.1) is 19.5 Å². The predicted molar refractivity (Wildman–Crippen MR) is 100 cm³/mol. The molecule has 7 nitrogen and oxygen atoms in total. The number of ether oxygens (including phenoxy) is 1. The van der Waals surface area contributed by atoms with Crippen LogP contribution in [0.15, 0.2) is 41.6 Å². The van der Waals surface area contributed by atoms with Crippen LogP contribution in [0.5, 0.6) is 5.75 Å². The zero-order chi connectivity index (χ0) is 17.6. The van der Waals surface area contributed by atoms with E-state index in [1.165, 1.54) is 17.1 Å². The summed E-state index contributed by atoms with van der Waals surface area (Å²) >= 11 is 0. The summed E-state index contributed by atoms with van der Waals surface area (Å²) in [5.41, 5.74) is 6.34. The van der Waals surface area contributed by atoms with Gasteiger partial charge in [-0.15, -0.1) is 12.4 Å². The molecule has 0 spiro atoms. The van der Waals surface area contributed by atoms with E-state index < -0.39 is 10.0 Å². The number of halogens is 1. The Kier molecular flexibility index (Phi) is 8.37. The molecule has 0 aliphatic rings. The minimum atomic E-state index is -3.66. The van der Waals surface area contributed by atoms with E-state index in [2.05, 4.69) is 16.7 Å². The standard InChI is InChI=1S/C16H24N4O3S.ClH/c1-3-4-7-13(10-17)19-24(21,22)14-11-18-20(12-14)15-8-5-6-9-16(15)23-2;/h5-6,8-9,11-13,19H,3-4,7,10,17H2,1-2H3;1H. The van der Waals surface area contributed by atoms with E-state index in [-0.39, 0.29) is 29.9 Å².